The van der Waals surface area contributed by atoms with E-state index in [4.69, 9.17) is 16.3 Å². The summed E-state index contributed by atoms with van der Waals surface area (Å²) in [6, 6.07) is 8.97. The molecule has 0 aromatic heterocycles. The first kappa shape index (κ1) is 21.1. The summed E-state index contributed by atoms with van der Waals surface area (Å²) >= 11 is 6.04. The SMILES string of the molecule is CN=C(NCC1(c2ccc(Cl)cc2)CC1)N1CCC(N2CCOCC2)C1.I. The van der Waals surface area contributed by atoms with Crippen molar-refractivity contribution in [3.8, 4) is 0 Å². The van der Waals surface area contributed by atoms with E-state index in [-0.39, 0.29) is 29.4 Å². The number of benzene rings is 1. The van der Waals surface area contributed by atoms with E-state index in [1.807, 2.05) is 19.2 Å². The zero-order valence-corrected chi connectivity index (χ0v) is 19.1. The predicted octanol–water partition coefficient (Wildman–Crippen LogP) is 2.97. The highest BCUT2D eigenvalue weighted by Gasteiger charge is 2.44. The maximum atomic E-state index is 6.04. The number of nitrogens with zero attached hydrogens (tertiary/aromatic N) is 3. The predicted molar refractivity (Wildman–Crippen MR) is 122 cm³/mol. The third kappa shape index (κ3) is 4.89. The second-order valence-corrected chi connectivity index (χ2v) is 8.16. The first-order chi connectivity index (χ1) is 12.7. The largest absolute Gasteiger partial charge is 0.379 e. The summed E-state index contributed by atoms with van der Waals surface area (Å²) in [6.07, 6.45) is 3.67. The molecule has 5 nitrogen and oxygen atoms in total. The van der Waals surface area contributed by atoms with Crippen molar-refractivity contribution in [2.24, 2.45) is 4.99 Å². The van der Waals surface area contributed by atoms with Gasteiger partial charge in [0.05, 0.1) is 13.2 Å². The van der Waals surface area contributed by atoms with Crippen LogP contribution in [0.5, 0.6) is 0 Å². The zero-order valence-electron chi connectivity index (χ0n) is 16.0. The summed E-state index contributed by atoms with van der Waals surface area (Å²) in [7, 11) is 1.90. The molecule has 1 unspecified atom stereocenters. The molecule has 2 aliphatic heterocycles. The van der Waals surface area contributed by atoms with Gasteiger partial charge in [-0.25, -0.2) is 0 Å². The Bertz CT molecular complexity index is 644. The van der Waals surface area contributed by atoms with Crippen LogP contribution in [0, 0.1) is 0 Å². The fourth-order valence-corrected chi connectivity index (χ4v) is 4.40. The molecule has 1 N–H and O–H groups in total. The van der Waals surface area contributed by atoms with Gasteiger partial charge in [0.25, 0.3) is 0 Å². The first-order valence-corrected chi connectivity index (χ1v) is 10.1. The van der Waals surface area contributed by atoms with Crippen molar-refractivity contribution in [3.05, 3.63) is 34.9 Å². The summed E-state index contributed by atoms with van der Waals surface area (Å²) in [5.74, 6) is 1.04. The van der Waals surface area contributed by atoms with Crippen LogP contribution in [0.1, 0.15) is 24.8 Å². The van der Waals surface area contributed by atoms with E-state index in [9.17, 15) is 0 Å². The third-order valence-electron chi connectivity index (χ3n) is 6.13. The monoisotopic (exact) mass is 504 g/mol. The van der Waals surface area contributed by atoms with E-state index >= 15 is 0 Å². The van der Waals surface area contributed by atoms with Crippen molar-refractivity contribution >= 4 is 41.5 Å². The van der Waals surface area contributed by atoms with Crippen molar-refractivity contribution in [2.75, 3.05) is 53.0 Å². The van der Waals surface area contributed by atoms with Crippen LogP contribution in [0.2, 0.25) is 5.02 Å². The molecule has 2 saturated heterocycles. The lowest BCUT2D eigenvalue weighted by molar-refractivity contribution is 0.0195. The number of hydrogen-bond donors (Lipinski definition) is 1. The highest BCUT2D eigenvalue weighted by Crippen LogP contribution is 2.47. The van der Waals surface area contributed by atoms with Crippen molar-refractivity contribution in [1.82, 2.24) is 15.1 Å². The van der Waals surface area contributed by atoms with Crippen LogP contribution in [0.4, 0.5) is 0 Å². The van der Waals surface area contributed by atoms with E-state index in [0.29, 0.717) is 6.04 Å². The van der Waals surface area contributed by atoms with Crippen LogP contribution in [-0.4, -0.2) is 74.8 Å². The molecule has 0 bridgehead atoms. The summed E-state index contributed by atoms with van der Waals surface area (Å²) in [6.45, 7) is 6.94. The van der Waals surface area contributed by atoms with Gasteiger partial charge in [-0.3, -0.25) is 9.89 Å². The molecule has 27 heavy (non-hydrogen) atoms. The molecule has 1 atom stereocenters. The number of guanidine groups is 1. The zero-order chi connectivity index (χ0) is 18.0. The van der Waals surface area contributed by atoms with Gasteiger partial charge in [0.1, 0.15) is 0 Å². The van der Waals surface area contributed by atoms with Gasteiger partial charge in [-0.05, 0) is 37.0 Å². The minimum absolute atomic E-state index is 0. The minimum Gasteiger partial charge on any atom is -0.379 e. The van der Waals surface area contributed by atoms with Crippen LogP contribution in [-0.2, 0) is 10.2 Å². The Balaban J connectivity index is 0.00000210. The Morgan fingerprint density at radius 3 is 2.56 bits per heavy atom. The van der Waals surface area contributed by atoms with Crippen LogP contribution < -0.4 is 5.32 Å². The van der Waals surface area contributed by atoms with Crippen LogP contribution in [0.15, 0.2) is 29.3 Å². The van der Waals surface area contributed by atoms with Gasteiger partial charge in [0.2, 0.25) is 0 Å². The molecule has 1 aromatic carbocycles. The second-order valence-electron chi connectivity index (χ2n) is 7.72. The Morgan fingerprint density at radius 1 is 1.22 bits per heavy atom. The summed E-state index contributed by atoms with van der Waals surface area (Å²) < 4.78 is 5.49. The van der Waals surface area contributed by atoms with Gasteiger partial charge < -0.3 is 15.0 Å². The smallest absolute Gasteiger partial charge is 0.193 e. The molecule has 1 aliphatic carbocycles. The molecule has 1 saturated carbocycles. The van der Waals surface area contributed by atoms with Crippen molar-refractivity contribution in [2.45, 2.75) is 30.7 Å². The highest BCUT2D eigenvalue weighted by atomic mass is 127. The second kappa shape index (κ2) is 9.29. The van der Waals surface area contributed by atoms with E-state index < -0.39 is 0 Å². The van der Waals surface area contributed by atoms with E-state index in [1.54, 1.807) is 0 Å². The van der Waals surface area contributed by atoms with Crippen molar-refractivity contribution in [1.29, 1.82) is 0 Å². The molecular weight excluding hydrogens is 475 g/mol. The van der Waals surface area contributed by atoms with E-state index in [2.05, 4.69) is 32.2 Å². The topological polar surface area (TPSA) is 40.1 Å². The summed E-state index contributed by atoms with van der Waals surface area (Å²) in [5, 5.41) is 4.46. The Morgan fingerprint density at radius 2 is 1.93 bits per heavy atom. The fraction of sp³-hybridized carbons (Fsp3) is 0.650. The van der Waals surface area contributed by atoms with Gasteiger partial charge in [0, 0.05) is 56.3 Å². The maximum absolute atomic E-state index is 6.04. The van der Waals surface area contributed by atoms with Gasteiger partial charge >= 0.3 is 0 Å². The van der Waals surface area contributed by atoms with E-state index in [1.165, 1.54) is 24.8 Å². The first-order valence-electron chi connectivity index (χ1n) is 9.74. The van der Waals surface area contributed by atoms with Crippen molar-refractivity contribution in [3.63, 3.8) is 0 Å². The molecular formula is C20H30ClIN4O. The molecule has 0 spiro atoms. The lowest BCUT2D eigenvalue weighted by atomic mass is 9.96. The Hall–Kier alpha value is -0.570. The molecule has 150 valence electrons. The van der Waals surface area contributed by atoms with Gasteiger partial charge in [-0.2, -0.15) is 0 Å². The van der Waals surface area contributed by atoms with E-state index in [0.717, 1.165) is 56.9 Å². The Labute approximate surface area is 184 Å². The minimum atomic E-state index is 0. The number of ether oxygens (including phenoxy) is 1. The Kier molecular flexibility index (Phi) is 7.27. The van der Waals surface area contributed by atoms with Gasteiger partial charge in [0.15, 0.2) is 5.96 Å². The summed E-state index contributed by atoms with van der Waals surface area (Å²) in [4.78, 5) is 9.55. The number of hydrogen-bond acceptors (Lipinski definition) is 3. The summed E-state index contributed by atoms with van der Waals surface area (Å²) in [5.41, 5.74) is 1.64. The van der Waals surface area contributed by atoms with Crippen LogP contribution >= 0.6 is 35.6 Å². The number of rotatable bonds is 4. The number of nitrogens with one attached hydrogen (secondary N) is 1. The van der Waals surface area contributed by atoms with Gasteiger partial charge in [-0.1, -0.05) is 23.7 Å². The third-order valence-corrected chi connectivity index (χ3v) is 6.38. The number of halogens is 2. The highest BCUT2D eigenvalue weighted by molar-refractivity contribution is 14.0. The molecule has 0 amide bonds. The number of morpholine rings is 1. The number of likely N-dealkylation sites (tertiary alicyclic amines) is 1. The lowest BCUT2D eigenvalue weighted by Crippen LogP contribution is -2.47. The average Bonchev–Trinajstić information content (AvgIpc) is 3.31. The molecule has 2 heterocycles. The fourth-order valence-electron chi connectivity index (χ4n) is 4.28. The average molecular weight is 505 g/mol. The van der Waals surface area contributed by atoms with Crippen LogP contribution in [0.3, 0.4) is 0 Å². The molecule has 1 aromatic rings. The van der Waals surface area contributed by atoms with Gasteiger partial charge in [-0.15, -0.1) is 24.0 Å². The normalized spacial score (nSPS) is 25.2. The standard InChI is InChI=1S/C20H29ClN4O.HI/c1-22-19(25-9-6-18(14-25)24-10-12-26-13-11-24)23-15-20(7-8-20)16-2-4-17(21)5-3-16;/h2-5,18H,6-15H2,1H3,(H,22,23);1H. The molecule has 4 rings (SSSR count). The maximum Gasteiger partial charge on any atom is 0.193 e. The molecule has 3 fully saturated rings. The quantitative estimate of drug-likeness (QED) is 0.389. The molecule has 0 radical (unpaired) electrons. The van der Waals surface area contributed by atoms with Crippen molar-refractivity contribution < 1.29 is 4.74 Å². The van der Waals surface area contributed by atoms with Crippen LogP contribution in [0.25, 0.3) is 0 Å². The lowest BCUT2D eigenvalue weighted by Gasteiger charge is -2.32. The molecule has 3 aliphatic rings. The molecule has 7 heteroatoms. The number of aliphatic imine (C=N–C) groups is 1.